The number of hydrogen-bond donors (Lipinski definition) is 4. The molecule has 0 spiro atoms. The number of Topliss-reactive ketones (excluding diaryl/α,β-unsaturated/α-hetero) is 2. The summed E-state index contributed by atoms with van der Waals surface area (Å²) in [7, 11) is 1.35. The highest BCUT2D eigenvalue weighted by Crippen LogP contribution is 2.42. The number of carboxylic acid groups (broad SMARTS) is 2. The molecule has 0 amide bonds. The van der Waals surface area contributed by atoms with E-state index in [9.17, 15) is 24.3 Å². The maximum Gasteiger partial charge on any atom is 0.322 e. The first-order chi connectivity index (χ1) is 10.9. The third-order valence-electron chi connectivity index (χ3n) is 2.91. The number of aliphatic carboxylic acids is 2. The van der Waals surface area contributed by atoms with Gasteiger partial charge in [-0.25, -0.2) is 0 Å². The molecule has 0 rings (SSSR count). The predicted molar refractivity (Wildman–Crippen MR) is 93.6 cm³/mol. The maximum atomic E-state index is 12.6. The number of hydrogen-bond acceptors (Lipinski definition) is 8. The number of rotatable bonds is 11. The standard InChI is InChI=1S/C14H20N2O6S2/c1-6(2)10(17)14(9(16)13(21)22,11(18)7(3)4)24-23-5-8(15)12(19)20/h8-9H,1,3,5,15-16H2,2,4H3,(H,19,20)(H,21,22). The molecule has 2 unspecified atom stereocenters. The minimum Gasteiger partial charge on any atom is -0.480 e. The van der Waals surface area contributed by atoms with Crippen LogP contribution >= 0.6 is 21.6 Å². The van der Waals surface area contributed by atoms with Crippen LogP contribution in [0.1, 0.15) is 13.8 Å². The average molecular weight is 376 g/mol. The Bertz CT molecular complexity index is 564. The van der Waals surface area contributed by atoms with Crippen LogP contribution in [0.15, 0.2) is 24.3 Å². The van der Waals surface area contributed by atoms with Crippen LogP contribution in [0.4, 0.5) is 0 Å². The highest BCUT2D eigenvalue weighted by molar-refractivity contribution is 8.77. The van der Waals surface area contributed by atoms with Gasteiger partial charge in [-0.2, -0.15) is 0 Å². The fourth-order valence-corrected chi connectivity index (χ4v) is 4.81. The van der Waals surface area contributed by atoms with E-state index < -0.39 is 40.3 Å². The highest BCUT2D eigenvalue weighted by Gasteiger charge is 2.54. The Hall–Kier alpha value is -1.62. The smallest absolute Gasteiger partial charge is 0.322 e. The van der Waals surface area contributed by atoms with Crippen molar-refractivity contribution in [2.75, 3.05) is 5.75 Å². The molecule has 2 atom stereocenters. The SMILES string of the molecule is C=C(C)C(=O)C(SSCC(N)C(=O)O)(C(=O)C(=C)C)C(N)C(=O)O. The van der Waals surface area contributed by atoms with E-state index in [1.165, 1.54) is 13.8 Å². The molecule has 0 saturated carbocycles. The third-order valence-corrected chi connectivity index (χ3v) is 5.96. The van der Waals surface area contributed by atoms with Gasteiger partial charge in [-0.15, -0.1) is 0 Å². The van der Waals surface area contributed by atoms with Crippen LogP contribution in [0, 0.1) is 0 Å². The van der Waals surface area contributed by atoms with Crippen molar-refractivity contribution in [2.24, 2.45) is 11.5 Å². The largest absolute Gasteiger partial charge is 0.480 e. The van der Waals surface area contributed by atoms with Crippen molar-refractivity contribution in [2.45, 2.75) is 30.7 Å². The van der Waals surface area contributed by atoms with Gasteiger partial charge in [0.1, 0.15) is 12.1 Å². The minimum atomic E-state index is -2.20. The molecule has 0 aliphatic carbocycles. The van der Waals surface area contributed by atoms with Gasteiger partial charge >= 0.3 is 11.9 Å². The van der Waals surface area contributed by atoms with Crippen molar-refractivity contribution in [3.05, 3.63) is 24.3 Å². The van der Waals surface area contributed by atoms with Gasteiger partial charge in [0.05, 0.1) is 0 Å². The quantitative estimate of drug-likeness (QED) is 0.223. The molecular weight excluding hydrogens is 356 g/mol. The lowest BCUT2D eigenvalue weighted by Gasteiger charge is -2.33. The summed E-state index contributed by atoms with van der Waals surface area (Å²) in [4.78, 5) is 47.3. The van der Waals surface area contributed by atoms with Gasteiger partial charge in [-0.3, -0.25) is 19.2 Å². The summed E-state index contributed by atoms with van der Waals surface area (Å²) >= 11 is 0. The van der Waals surface area contributed by atoms with Crippen LogP contribution in [-0.2, 0) is 19.2 Å². The Labute approximate surface area is 147 Å². The van der Waals surface area contributed by atoms with Crippen molar-refractivity contribution in [3.63, 3.8) is 0 Å². The number of carbonyl (C=O) groups is 4. The number of allylic oxidation sites excluding steroid dienone is 2. The monoisotopic (exact) mass is 376 g/mol. The molecule has 0 aromatic heterocycles. The van der Waals surface area contributed by atoms with E-state index in [4.69, 9.17) is 16.6 Å². The summed E-state index contributed by atoms with van der Waals surface area (Å²) in [6.45, 7) is 9.56. The lowest BCUT2D eigenvalue weighted by molar-refractivity contribution is -0.143. The van der Waals surface area contributed by atoms with E-state index in [2.05, 4.69) is 13.2 Å². The fourth-order valence-electron chi connectivity index (χ4n) is 1.59. The molecule has 0 heterocycles. The number of nitrogens with two attached hydrogens (primary N) is 2. The minimum absolute atomic E-state index is 0.0584. The van der Waals surface area contributed by atoms with Crippen LogP contribution in [0.3, 0.4) is 0 Å². The molecule has 0 aromatic carbocycles. The average Bonchev–Trinajstić information content (AvgIpc) is 2.49. The van der Waals surface area contributed by atoms with Crippen molar-refractivity contribution in [1.82, 2.24) is 0 Å². The molecule has 6 N–H and O–H groups in total. The van der Waals surface area contributed by atoms with Crippen LogP contribution in [0.2, 0.25) is 0 Å². The lowest BCUT2D eigenvalue weighted by atomic mass is 9.84. The second-order valence-electron chi connectivity index (χ2n) is 5.08. The molecule has 0 bridgehead atoms. The van der Waals surface area contributed by atoms with Crippen molar-refractivity contribution in [3.8, 4) is 0 Å². The molecule has 0 aliphatic rings. The molecule has 0 aromatic rings. The zero-order valence-corrected chi connectivity index (χ0v) is 14.9. The molecule has 8 nitrogen and oxygen atoms in total. The van der Waals surface area contributed by atoms with Crippen LogP contribution in [0.25, 0.3) is 0 Å². The maximum absolute atomic E-state index is 12.6. The van der Waals surface area contributed by atoms with E-state index in [0.717, 1.165) is 10.8 Å². The van der Waals surface area contributed by atoms with Gasteiger partial charge < -0.3 is 21.7 Å². The van der Waals surface area contributed by atoms with Gasteiger partial charge in [0.25, 0.3) is 0 Å². The van der Waals surface area contributed by atoms with Crippen molar-refractivity contribution >= 4 is 45.1 Å². The van der Waals surface area contributed by atoms with Gasteiger partial charge in [0.2, 0.25) is 0 Å². The molecule has 0 saturated heterocycles. The van der Waals surface area contributed by atoms with E-state index in [-0.39, 0.29) is 16.9 Å². The van der Waals surface area contributed by atoms with Gasteiger partial charge in [0, 0.05) is 5.75 Å². The Balaban J connectivity index is 5.91. The highest BCUT2D eigenvalue weighted by atomic mass is 33.1. The molecule has 0 radical (unpaired) electrons. The first-order valence-electron chi connectivity index (χ1n) is 6.57. The number of carboxylic acids is 2. The summed E-state index contributed by atoms with van der Waals surface area (Å²) in [6, 6.07) is -3.12. The molecular formula is C14H20N2O6S2. The van der Waals surface area contributed by atoms with Crippen molar-refractivity contribution < 1.29 is 29.4 Å². The summed E-state index contributed by atoms with van der Waals surface area (Å²) in [5.41, 5.74) is 10.9. The van der Waals surface area contributed by atoms with Gasteiger partial charge in [-0.05, 0) is 25.0 Å². The first-order valence-corrected chi connectivity index (χ1v) is 8.89. The Kier molecular flexibility index (Phi) is 8.41. The molecule has 10 heteroatoms. The van der Waals surface area contributed by atoms with Crippen LogP contribution in [-0.4, -0.2) is 56.3 Å². The summed E-state index contributed by atoms with van der Waals surface area (Å²) in [5.74, 6) is -4.71. The van der Waals surface area contributed by atoms with E-state index >= 15 is 0 Å². The van der Waals surface area contributed by atoms with Gasteiger partial charge in [-0.1, -0.05) is 34.7 Å². The summed E-state index contributed by atoms with van der Waals surface area (Å²) in [6.07, 6.45) is 0. The second-order valence-corrected chi connectivity index (χ2v) is 7.67. The molecule has 0 fully saturated rings. The zero-order valence-electron chi connectivity index (χ0n) is 13.3. The Morgan fingerprint density at radius 1 is 1.00 bits per heavy atom. The van der Waals surface area contributed by atoms with Crippen LogP contribution in [0.5, 0.6) is 0 Å². The third kappa shape index (κ3) is 4.94. The number of carbonyl (C=O) groups excluding carboxylic acids is 2. The van der Waals surface area contributed by atoms with Crippen molar-refractivity contribution in [1.29, 1.82) is 0 Å². The summed E-state index contributed by atoms with van der Waals surface area (Å²) < 4.78 is -2.20. The first kappa shape index (κ1) is 22.4. The Morgan fingerprint density at radius 2 is 1.42 bits per heavy atom. The number of ketones is 2. The second kappa shape index (κ2) is 9.02. The topological polar surface area (TPSA) is 161 Å². The zero-order chi connectivity index (χ0) is 19.2. The van der Waals surface area contributed by atoms with E-state index in [1.807, 2.05) is 0 Å². The molecule has 24 heavy (non-hydrogen) atoms. The van der Waals surface area contributed by atoms with Gasteiger partial charge in [0.15, 0.2) is 16.3 Å². The van der Waals surface area contributed by atoms with E-state index in [0.29, 0.717) is 10.8 Å². The fraction of sp³-hybridized carbons (Fsp3) is 0.429. The van der Waals surface area contributed by atoms with E-state index in [1.54, 1.807) is 0 Å². The van der Waals surface area contributed by atoms with Crippen LogP contribution < -0.4 is 11.5 Å². The molecule has 0 aliphatic heterocycles. The molecule has 134 valence electrons. The summed E-state index contributed by atoms with van der Waals surface area (Å²) in [5, 5.41) is 18.0. The Morgan fingerprint density at radius 3 is 1.71 bits per heavy atom. The lowest BCUT2D eigenvalue weighted by Crippen LogP contribution is -2.60. The normalized spacial score (nSPS) is 13.7. The predicted octanol–water partition coefficient (Wildman–Crippen LogP) is 0.221.